The van der Waals surface area contributed by atoms with Crippen molar-refractivity contribution in [3.05, 3.63) is 6.20 Å². The third-order valence-electron chi connectivity index (χ3n) is 1.10. The number of rotatable bonds is 1. The lowest BCUT2D eigenvalue weighted by Gasteiger charge is -1.95. The lowest BCUT2D eigenvalue weighted by Crippen LogP contribution is -1.92. The average Bonchev–Trinajstić information content (AvgIpc) is 2.12. The van der Waals surface area contributed by atoms with Gasteiger partial charge in [-0.15, -0.1) is 11.8 Å². The summed E-state index contributed by atoms with van der Waals surface area (Å²) in [5.41, 5.74) is 6.30. The second kappa shape index (κ2) is 2.31. The third kappa shape index (κ3) is 1.03. The Morgan fingerprint density at radius 3 is 2.67 bits per heavy atom. The fourth-order valence-corrected chi connectivity index (χ4v) is 1.29. The lowest BCUT2D eigenvalue weighted by molar-refractivity contribution is 0.701. The van der Waals surface area contributed by atoms with E-state index in [0.717, 1.165) is 10.7 Å². The van der Waals surface area contributed by atoms with Crippen LogP contribution in [0.4, 0.5) is 5.69 Å². The van der Waals surface area contributed by atoms with Crippen LogP contribution in [0.1, 0.15) is 0 Å². The SMILES string of the molecule is CSc1c(N)cnn1C. The van der Waals surface area contributed by atoms with Crippen molar-refractivity contribution in [1.82, 2.24) is 9.78 Å². The molecule has 4 heteroatoms. The Bertz CT molecular complexity index is 186. The predicted molar refractivity (Wildman–Crippen MR) is 39.4 cm³/mol. The molecule has 9 heavy (non-hydrogen) atoms. The zero-order chi connectivity index (χ0) is 6.85. The quantitative estimate of drug-likeness (QED) is 0.589. The highest BCUT2D eigenvalue weighted by Gasteiger charge is 2.00. The van der Waals surface area contributed by atoms with E-state index in [-0.39, 0.29) is 0 Å². The Hall–Kier alpha value is -0.640. The molecule has 1 aromatic heterocycles. The Labute approximate surface area is 58.2 Å². The van der Waals surface area contributed by atoms with Crippen LogP contribution in [-0.4, -0.2) is 16.0 Å². The predicted octanol–water partition coefficient (Wildman–Crippen LogP) is 0.724. The zero-order valence-corrected chi connectivity index (χ0v) is 6.27. The Morgan fingerprint density at radius 2 is 2.44 bits per heavy atom. The number of aromatic nitrogens is 2. The van der Waals surface area contributed by atoms with E-state index in [9.17, 15) is 0 Å². The van der Waals surface area contributed by atoms with Gasteiger partial charge in [-0.25, -0.2) is 0 Å². The minimum Gasteiger partial charge on any atom is -0.395 e. The first kappa shape index (κ1) is 6.48. The van der Waals surface area contributed by atoms with Gasteiger partial charge in [0.1, 0.15) is 5.03 Å². The summed E-state index contributed by atoms with van der Waals surface area (Å²) in [6.45, 7) is 0. The normalized spacial score (nSPS) is 10.0. The van der Waals surface area contributed by atoms with Gasteiger partial charge in [0.25, 0.3) is 0 Å². The fraction of sp³-hybridized carbons (Fsp3) is 0.400. The van der Waals surface area contributed by atoms with Gasteiger partial charge >= 0.3 is 0 Å². The molecule has 1 aromatic rings. The van der Waals surface area contributed by atoms with Crippen molar-refractivity contribution >= 4 is 17.4 Å². The highest BCUT2D eigenvalue weighted by atomic mass is 32.2. The first-order chi connectivity index (χ1) is 4.25. The summed E-state index contributed by atoms with van der Waals surface area (Å²) >= 11 is 1.60. The fourth-order valence-electron chi connectivity index (χ4n) is 0.693. The van der Waals surface area contributed by atoms with Crippen molar-refractivity contribution in [2.24, 2.45) is 7.05 Å². The second-order valence-electron chi connectivity index (χ2n) is 1.73. The summed E-state index contributed by atoms with van der Waals surface area (Å²) in [5, 5.41) is 4.98. The van der Waals surface area contributed by atoms with Gasteiger partial charge in [0.15, 0.2) is 0 Å². The zero-order valence-electron chi connectivity index (χ0n) is 5.46. The van der Waals surface area contributed by atoms with E-state index in [1.54, 1.807) is 22.6 Å². The summed E-state index contributed by atoms with van der Waals surface area (Å²) in [6.07, 6.45) is 3.64. The van der Waals surface area contributed by atoms with Crippen LogP contribution < -0.4 is 5.73 Å². The van der Waals surface area contributed by atoms with Crippen LogP contribution in [0.15, 0.2) is 11.2 Å². The molecule has 1 rings (SSSR count). The molecule has 0 radical (unpaired) electrons. The number of nitrogens with two attached hydrogens (primary N) is 1. The summed E-state index contributed by atoms with van der Waals surface area (Å²) in [6, 6.07) is 0. The molecule has 0 aromatic carbocycles. The number of thioether (sulfide) groups is 1. The molecule has 0 fully saturated rings. The minimum absolute atomic E-state index is 0.755. The van der Waals surface area contributed by atoms with E-state index >= 15 is 0 Å². The van der Waals surface area contributed by atoms with Gasteiger partial charge in [0.2, 0.25) is 0 Å². The van der Waals surface area contributed by atoms with Crippen LogP contribution in [-0.2, 0) is 7.05 Å². The molecule has 50 valence electrons. The topological polar surface area (TPSA) is 43.8 Å². The van der Waals surface area contributed by atoms with Crippen LogP contribution in [0.3, 0.4) is 0 Å². The molecule has 0 aliphatic heterocycles. The summed E-state index contributed by atoms with van der Waals surface area (Å²) in [4.78, 5) is 0. The molecule has 3 nitrogen and oxygen atoms in total. The van der Waals surface area contributed by atoms with Crippen LogP contribution in [0.25, 0.3) is 0 Å². The van der Waals surface area contributed by atoms with E-state index in [0.29, 0.717) is 0 Å². The van der Waals surface area contributed by atoms with Crippen LogP contribution in [0, 0.1) is 0 Å². The van der Waals surface area contributed by atoms with Gasteiger partial charge in [-0.3, -0.25) is 4.68 Å². The average molecular weight is 143 g/mol. The van der Waals surface area contributed by atoms with Gasteiger partial charge in [-0.2, -0.15) is 5.10 Å². The largest absolute Gasteiger partial charge is 0.395 e. The van der Waals surface area contributed by atoms with E-state index in [2.05, 4.69) is 5.10 Å². The second-order valence-corrected chi connectivity index (χ2v) is 2.53. The van der Waals surface area contributed by atoms with E-state index in [4.69, 9.17) is 5.73 Å². The molecular weight excluding hydrogens is 134 g/mol. The first-order valence-corrected chi connectivity index (χ1v) is 3.79. The molecule has 0 saturated carbocycles. The standard InChI is InChI=1S/C5H9N3S/c1-8-5(9-2)4(6)3-7-8/h3H,6H2,1-2H3. The minimum atomic E-state index is 0.755. The molecule has 0 bridgehead atoms. The van der Waals surface area contributed by atoms with Crippen molar-refractivity contribution in [2.75, 3.05) is 12.0 Å². The van der Waals surface area contributed by atoms with Crippen molar-refractivity contribution in [2.45, 2.75) is 5.03 Å². The molecular formula is C5H9N3S. The van der Waals surface area contributed by atoms with Gasteiger partial charge in [-0.1, -0.05) is 0 Å². The van der Waals surface area contributed by atoms with E-state index in [1.165, 1.54) is 0 Å². The van der Waals surface area contributed by atoms with Crippen molar-refractivity contribution in [1.29, 1.82) is 0 Å². The van der Waals surface area contributed by atoms with Gasteiger partial charge < -0.3 is 5.73 Å². The Balaban J connectivity index is 3.07. The Kier molecular flexibility index (Phi) is 1.66. The van der Waals surface area contributed by atoms with Crippen LogP contribution in [0.2, 0.25) is 0 Å². The lowest BCUT2D eigenvalue weighted by atomic mass is 10.6. The summed E-state index contributed by atoms with van der Waals surface area (Å²) in [5.74, 6) is 0. The number of hydrogen-bond donors (Lipinski definition) is 1. The third-order valence-corrected chi connectivity index (χ3v) is 1.99. The van der Waals surface area contributed by atoms with Crippen molar-refractivity contribution in [3.63, 3.8) is 0 Å². The molecule has 0 aliphatic carbocycles. The molecule has 0 saturated heterocycles. The molecule has 2 N–H and O–H groups in total. The van der Waals surface area contributed by atoms with Crippen LogP contribution in [0.5, 0.6) is 0 Å². The molecule has 0 spiro atoms. The Morgan fingerprint density at radius 1 is 1.78 bits per heavy atom. The molecule has 0 aliphatic rings. The van der Waals surface area contributed by atoms with Crippen molar-refractivity contribution in [3.8, 4) is 0 Å². The van der Waals surface area contributed by atoms with Crippen molar-refractivity contribution < 1.29 is 0 Å². The molecule has 1 heterocycles. The summed E-state index contributed by atoms with van der Waals surface area (Å²) < 4.78 is 1.76. The van der Waals surface area contributed by atoms with Gasteiger partial charge in [0.05, 0.1) is 11.9 Å². The summed E-state index contributed by atoms with van der Waals surface area (Å²) in [7, 11) is 1.88. The smallest absolute Gasteiger partial charge is 0.116 e. The first-order valence-electron chi connectivity index (χ1n) is 2.57. The van der Waals surface area contributed by atoms with Crippen LogP contribution >= 0.6 is 11.8 Å². The maximum Gasteiger partial charge on any atom is 0.116 e. The number of aryl methyl sites for hydroxylation is 1. The number of anilines is 1. The molecule has 0 atom stereocenters. The highest BCUT2D eigenvalue weighted by Crippen LogP contribution is 2.19. The van der Waals surface area contributed by atoms with E-state index < -0.39 is 0 Å². The van der Waals surface area contributed by atoms with Gasteiger partial charge in [-0.05, 0) is 6.26 Å². The van der Waals surface area contributed by atoms with E-state index in [1.807, 2.05) is 13.3 Å². The van der Waals surface area contributed by atoms with Gasteiger partial charge in [0, 0.05) is 7.05 Å². The molecule has 0 unspecified atom stereocenters. The maximum absolute atomic E-state index is 5.55. The monoisotopic (exact) mass is 143 g/mol. The number of nitrogens with zero attached hydrogens (tertiary/aromatic N) is 2. The molecule has 0 amide bonds. The maximum atomic E-state index is 5.55. The highest BCUT2D eigenvalue weighted by molar-refractivity contribution is 7.98. The number of hydrogen-bond acceptors (Lipinski definition) is 3. The number of nitrogen functional groups attached to an aromatic ring is 1.